The summed E-state index contributed by atoms with van der Waals surface area (Å²) in [6, 6.07) is 0.217. The summed E-state index contributed by atoms with van der Waals surface area (Å²) in [5.74, 6) is 0.188. The van der Waals surface area contributed by atoms with Crippen LogP contribution in [0.5, 0.6) is 0 Å². The van der Waals surface area contributed by atoms with Crippen molar-refractivity contribution < 1.29 is 14.3 Å². The molecule has 6 nitrogen and oxygen atoms in total. The third-order valence-corrected chi connectivity index (χ3v) is 6.67. The minimum Gasteiger partial charge on any atom is -0.441 e. The topological polar surface area (TPSA) is 62.7 Å². The van der Waals surface area contributed by atoms with Gasteiger partial charge in [0.05, 0.1) is 17.7 Å². The van der Waals surface area contributed by atoms with E-state index < -0.39 is 5.60 Å². The highest BCUT2D eigenvalue weighted by molar-refractivity contribution is 7.09. The molecule has 0 radical (unpaired) electrons. The first-order valence-electron chi connectivity index (χ1n) is 9.60. The van der Waals surface area contributed by atoms with Crippen molar-refractivity contribution in [2.75, 3.05) is 19.6 Å². The summed E-state index contributed by atoms with van der Waals surface area (Å²) < 4.78 is 5.77. The van der Waals surface area contributed by atoms with Gasteiger partial charge in [0.25, 0.3) is 0 Å². The van der Waals surface area contributed by atoms with E-state index in [9.17, 15) is 9.59 Å². The highest BCUT2D eigenvalue weighted by atomic mass is 32.1. The lowest BCUT2D eigenvalue weighted by atomic mass is 9.90. The Morgan fingerprint density at radius 1 is 1.42 bits per heavy atom. The van der Waals surface area contributed by atoms with E-state index in [1.807, 2.05) is 22.2 Å². The molecule has 3 rings (SSSR count). The van der Waals surface area contributed by atoms with Crippen molar-refractivity contribution in [1.82, 2.24) is 14.8 Å². The highest BCUT2D eigenvalue weighted by Gasteiger charge is 2.48. The molecule has 0 aliphatic carbocycles. The zero-order valence-corrected chi connectivity index (χ0v) is 16.8. The van der Waals surface area contributed by atoms with Crippen LogP contribution in [0.3, 0.4) is 0 Å². The Labute approximate surface area is 159 Å². The number of hydrogen-bond acceptors (Lipinski definition) is 5. The molecular formula is C19H29N3O3S. The predicted octanol–water partition coefficient (Wildman–Crippen LogP) is 3.39. The maximum Gasteiger partial charge on any atom is 0.410 e. The van der Waals surface area contributed by atoms with Gasteiger partial charge in [-0.05, 0) is 26.7 Å². The smallest absolute Gasteiger partial charge is 0.410 e. The van der Waals surface area contributed by atoms with Gasteiger partial charge in [-0.15, -0.1) is 11.3 Å². The molecule has 1 atom stereocenters. The fraction of sp³-hybridized carbons (Fsp3) is 0.737. The number of rotatable bonds is 6. The second-order valence-electron chi connectivity index (χ2n) is 7.56. The maximum atomic E-state index is 12.5. The van der Waals surface area contributed by atoms with Gasteiger partial charge in [-0.1, -0.05) is 13.3 Å². The first-order valence-corrected chi connectivity index (χ1v) is 10.5. The predicted molar refractivity (Wildman–Crippen MR) is 101 cm³/mol. The van der Waals surface area contributed by atoms with E-state index in [-0.39, 0.29) is 18.0 Å². The molecule has 144 valence electrons. The van der Waals surface area contributed by atoms with Gasteiger partial charge in [0.1, 0.15) is 5.60 Å². The molecule has 2 amide bonds. The van der Waals surface area contributed by atoms with E-state index in [1.54, 1.807) is 11.3 Å². The van der Waals surface area contributed by atoms with Crippen LogP contribution in [0, 0.1) is 6.92 Å². The Bertz CT molecular complexity index is 652. The number of likely N-dealkylation sites (tertiary alicyclic amines) is 1. The van der Waals surface area contributed by atoms with E-state index in [0.717, 1.165) is 37.8 Å². The fourth-order valence-corrected chi connectivity index (χ4v) is 4.71. The number of aromatic nitrogens is 1. The van der Waals surface area contributed by atoms with Crippen LogP contribution in [0.15, 0.2) is 5.51 Å². The van der Waals surface area contributed by atoms with Gasteiger partial charge in [-0.2, -0.15) is 0 Å². The molecule has 2 aliphatic heterocycles. The summed E-state index contributed by atoms with van der Waals surface area (Å²) in [4.78, 5) is 34.0. The molecule has 2 aliphatic rings. The molecule has 2 saturated heterocycles. The largest absolute Gasteiger partial charge is 0.441 e. The van der Waals surface area contributed by atoms with Crippen molar-refractivity contribution in [2.24, 2.45) is 0 Å². The number of aryl methyl sites for hydroxylation is 2. The van der Waals surface area contributed by atoms with Crippen molar-refractivity contribution in [3.8, 4) is 0 Å². The molecule has 0 bridgehead atoms. The molecule has 0 unspecified atom stereocenters. The zero-order chi connectivity index (χ0) is 18.7. The van der Waals surface area contributed by atoms with Gasteiger partial charge < -0.3 is 14.5 Å². The maximum absolute atomic E-state index is 12.5. The number of ether oxygens (including phenoxy) is 1. The molecule has 1 aromatic rings. The lowest BCUT2D eigenvalue weighted by molar-refractivity contribution is -0.134. The minimum absolute atomic E-state index is 0.188. The number of piperidine rings is 1. The summed E-state index contributed by atoms with van der Waals surface area (Å²) in [6.45, 7) is 8.21. The standard InChI is InChI=1S/C19H29N3O3S/c1-4-5-14(2)22-12-19(25-18(22)24)8-10-21(11-9-19)17(23)7-6-16-15(3)20-13-26-16/h13-14H,4-12H2,1-3H3/t14-/m1/s1. The molecule has 26 heavy (non-hydrogen) atoms. The van der Waals surface area contributed by atoms with E-state index in [4.69, 9.17) is 4.74 Å². The lowest BCUT2D eigenvalue weighted by Gasteiger charge is -2.37. The number of amides is 2. The first kappa shape index (κ1) is 19.1. The average molecular weight is 380 g/mol. The number of nitrogens with zero attached hydrogens (tertiary/aromatic N) is 3. The van der Waals surface area contributed by atoms with Crippen LogP contribution in [-0.2, 0) is 16.0 Å². The average Bonchev–Trinajstić information content (AvgIpc) is 3.17. The summed E-state index contributed by atoms with van der Waals surface area (Å²) in [5.41, 5.74) is 2.46. The van der Waals surface area contributed by atoms with Crippen LogP contribution >= 0.6 is 11.3 Å². The van der Waals surface area contributed by atoms with Gasteiger partial charge in [0, 0.05) is 43.3 Å². The van der Waals surface area contributed by atoms with Gasteiger partial charge >= 0.3 is 6.09 Å². The van der Waals surface area contributed by atoms with Gasteiger partial charge in [0.15, 0.2) is 0 Å². The summed E-state index contributed by atoms with van der Waals surface area (Å²) in [6.07, 6.45) is 4.61. The van der Waals surface area contributed by atoms with Crippen LogP contribution < -0.4 is 0 Å². The van der Waals surface area contributed by atoms with Crippen molar-refractivity contribution >= 4 is 23.3 Å². The van der Waals surface area contributed by atoms with Gasteiger partial charge in [0.2, 0.25) is 5.91 Å². The summed E-state index contributed by atoms with van der Waals surface area (Å²) in [7, 11) is 0. The fourth-order valence-electron chi connectivity index (χ4n) is 3.93. The highest BCUT2D eigenvalue weighted by Crippen LogP contribution is 2.35. The number of carbonyl (C=O) groups excluding carboxylic acids is 2. The summed E-state index contributed by atoms with van der Waals surface area (Å²) >= 11 is 1.62. The molecule has 1 spiro atoms. The summed E-state index contributed by atoms with van der Waals surface area (Å²) in [5, 5.41) is 0. The third kappa shape index (κ3) is 4.03. The van der Waals surface area contributed by atoms with Crippen molar-refractivity contribution in [1.29, 1.82) is 0 Å². The number of hydrogen-bond donors (Lipinski definition) is 0. The van der Waals surface area contributed by atoms with Crippen LogP contribution in [0.2, 0.25) is 0 Å². The van der Waals surface area contributed by atoms with E-state index >= 15 is 0 Å². The number of carbonyl (C=O) groups is 2. The second kappa shape index (κ2) is 7.94. The Hall–Kier alpha value is -1.63. The molecule has 0 aromatic carbocycles. The molecule has 1 aromatic heterocycles. The van der Waals surface area contributed by atoms with Crippen LogP contribution in [0.4, 0.5) is 4.79 Å². The zero-order valence-electron chi connectivity index (χ0n) is 16.0. The van der Waals surface area contributed by atoms with E-state index in [2.05, 4.69) is 18.8 Å². The normalized spacial score (nSPS) is 20.5. The van der Waals surface area contributed by atoms with Gasteiger partial charge in [-0.25, -0.2) is 9.78 Å². The minimum atomic E-state index is -0.399. The molecule has 0 saturated carbocycles. The Morgan fingerprint density at radius 2 is 2.15 bits per heavy atom. The second-order valence-corrected chi connectivity index (χ2v) is 8.50. The first-order chi connectivity index (χ1) is 12.4. The van der Waals surface area contributed by atoms with Crippen LogP contribution in [0.1, 0.15) is 56.5 Å². The third-order valence-electron chi connectivity index (χ3n) is 5.67. The number of thiazole rings is 1. The molecule has 3 heterocycles. The molecule has 2 fully saturated rings. The van der Waals surface area contributed by atoms with Crippen LogP contribution in [-0.4, -0.2) is 58.1 Å². The van der Waals surface area contributed by atoms with Gasteiger partial charge in [-0.3, -0.25) is 4.79 Å². The van der Waals surface area contributed by atoms with E-state index in [1.165, 1.54) is 4.88 Å². The quantitative estimate of drug-likeness (QED) is 0.760. The van der Waals surface area contributed by atoms with Crippen molar-refractivity contribution in [2.45, 2.75) is 70.9 Å². The lowest BCUT2D eigenvalue weighted by Crippen LogP contribution is -2.49. The molecular weight excluding hydrogens is 350 g/mol. The Kier molecular flexibility index (Phi) is 5.85. The molecule has 7 heteroatoms. The SMILES string of the molecule is CCC[C@@H](C)N1CC2(CCN(C(=O)CCc3scnc3C)CC2)OC1=O. The van der Waals surface area contributed by atoms with Crippen molar-refractivity contribution in [3.63, 3.8) is 0 Å². The Balaban J connectivity index is 1.50. The Morgan fingerprint density at radius 3 is 2.77 bits per heavy atom. The monoisotopic (exact) mass is 379 g/mol. The van der Waals surface area contributed by atoms with Crippen molar-refractivity contribution in [3.05, 3.63) is 16.1 Å². The molecule has 0 N–H and O–H groups in total. The van der Waals surface area contributed by atoms with E-state index in [0.29, 0.717) is 26.1 Å². The van der Waals surface area contributed by atoms with Crippen LogP contribution in [0.25, 0.3) is 0 Å².